The van der Waals surface area contributed by atoms with Gasteiger partial charge in [0.25, 0.3) is 0 Å². The van der Waals surface area contributed by atoms with E-state index in [4.69, 9.17) is 9.72 Å². The second-order valence-electron chi connectivity index (χ2n) is 9.43. The SMILES string of the molecule is COc1c(C(C)(C)C)cc(C2=CC=CCC2=O)c2ccc(-c3ccc(NS(C)(=O)=O)cc3)nc12. The zero-order chi connectivity index (χ0) is 24.7. The van der Waals surface area contributed by atoms with Crippen molar-refractivity contribution in [2.75, 3.05) is 18.1 Å². The van der Waals surface area contributed by atoms with Crippen LogP contribution in [0, 0.1) is 0 Å². The standard InChI is InChI=1S/C27H28N2O4S/c1-27(2,3)22-16-21(19-8-6-7-9-24(19)30)20-14-15-23(28-25(20)26(22)33-4)17-10-12-18(13-11-17)29-34(5,31)32/h6-8,10-16,29H,9H2,1-5H3. The van der Waals surface area contributed by atoms with Gasteiger partial charge in [-0.25, -0.2) is 13.4 Å². The maximum Gasteiger partial charge on any atom is 0.229 e. The van der Waals surface area contributed by atoms with Crippen molar-refractivity contribution in [3.05, 3.63) is 71.8 Å². The first-order valence-electron chi connectivity index (χ1n) is 11.0. The van der Waals surface area contributed by atoms with Crippen LogP contribution in [0.2, 0.25) is 0 Å². The van der Waals surface area contributed by atoms with Gasteiger partial charge in [-0.3, -0.25) is 9.52 Å². The quantitative estimate of drug-likeness (QED) is 0.526. The number of pyridine rings is 1. The monoisotopic (exact) mass is 476 g/mol. The molecule has 4 rings (SSSR count). The van der Waals surface area contributed by atoms with E-state index in [2.05, 4.69) is 31.6 Å². The van der Waals surface area contributed by atoms with E-state index < -0.39 is 10.0 Å². The van der Waals surface area contributed by atoms with Gasteiger partial charge in [0.2, 0.25) is 10.0 Å². The molecule has 0 unspecified atom stereocenters. The van der Waals surface area contributed by atoms with Crippen molar-refractivity contribution in [2.24, 2.45) is 0 Å². The molecule has 1 heterocycles. The molecule has 176 valence electrons. The number of fused-ring (bicyclic) bond motifs is 1. The van der Waals surface area contributed by atoms with Crippen LogP contribution in [0.25, 0.3) is 27.7 Å². The molecule has 0 saturated carbocycles. The van der Waals surface area contributed by atoms with E-state index in [0.717, 1.165) is 34.0 Å². The van der Waals surface area contributed by atoms with Gasteiger partial charge in [-0.2, -0.15) is 0 Å². The summed E-state index contributed by atoms with van der Waals surface area (Å²) in [5.41, 5.74) is 4.98. The third-order valence-electron chi connectivity index (χ3n) is 5.72. The molecule has 0 fully saturated rings. The van der Waals surface area contributed by atoms with Crippen LogP contribution in [-0.4, -0.2) is 32.6 Å². The Morgan fingerprint density at radius 3 is 2.35 bits per heavy atom. The highest BCUT2D eigenvalue weighted by Crippen LogP contribution is 2.41. The summed E-state index contributed by atoms with van der Waals surface area (Å²) >= 11 is 0. The van der Waals surface area contributed by atoms with Crippen molar-refractivity contribution < 1.29 is 17.9 Å². The first kappa shape index (κ1) is 23.7. The predicted octanol–water partition coefficient (Wildman–Crippen LogP) is 5.49. The van der Waals surface area contributed by atoms with Crippen LogP contribution in [0.5, 0.6) is 5.75 Å². The largest absolute Gasteiger partial charge is 0.494 e. The van der Waals surface area contributed by atoms with Gasteiger partial charge < -0.3 is 4.74 Å². The summed E-state index contributed by atoms with van der Waals surface area (Å²) in [5, 5.41) is 0.846. The number of ether oxygens (including phenoxy) is 1. The maximum atomic E-state index is 12.8. The minimum absolute atomic E-state index is 0.0758. The minimum atomic E-state index is -3.35. The Morgan fingerprint density at radius 1 is 1.06 bits per heavy atom. The molecule has 2 aromatic carbocycles. The number of carbonyl (C=O) groups excluding carboxylic acids is 1. The number of anilines is 1. The van der Waals surface area contributed by atoms with Gasteiger partial charge in [-0.05, 0) is 41.3 Å². The summed E-state index contributed by atoms with van der Waals surface area (Å²) < 4.78 is 31.3. The minimum Gasteiger partial charge on any atom is -0.494 e. The highest BCUT2D eigenvalue weighted by atomic mass is 32.2. The molecular weight excluding hydrogens is 448 g/mol. The Hall–Kier alpha value is -3.45. The van der Waals surface area contributed by atoms with Crippen LogP contribution < -0.4 is 9.46 Å². The lowest BCUT2D eigenvalue weighted by Crippen LogP contribution is -2.15. The van der Waals surface area contributed by atoms with E-state index in [9.17, 15) is 13.2 Å². The zero-order valence-corrected chi connectivity index (χ0v) is 20.8. The van der Waals surface area contributed by atoms with Crippen LogP contribution in [0.3, 0.4) is 0 Å². The Labute approximate surface area is 200 Å². The van der Waals surface area contributed by atoms with Gasteiger partial charge in [0, 0.05) is 34.2 Å². The molecule has 3 aromatic rings. The van der Waals surface area contributed by atoms with Gasteiger partial charge in [0.05, 0.1) is 19.1 Å². The van der Waals surface area contributed by atoms with E-state index in [1.807, 2.05) is 42.5 Å². The second-order valence-corrected chi connectivity index (χ2v) is 11.2. The number of Topliss-reactive ketones (excluding diaryl/α,β-unsaturated/α-hetero) is 1. The van der Waals surface area contributed by atoms with Crippen molar-refractivity contribution in [3.8, 4) is 17.0 Å². The van der Waals surface area contributed by atoms with Crippen molar-refractivity contribution in [2.45, 2.75) is 32.6 Å². The Morgan fingerprint density at radius 2 is 1.76 bits per heavy atom. The number of sulfonamides is 1. The lowest BCUT2D eigenvalue weighted by molar-refractivity contribution is -0.113. The highest BCUT2D eigenvalue weighted by molar-refractivity contribution is 7.92. The average molecular weight is 477 g/mol. The molecule has 0 amide bonds. The third-order valence-corrected chi connectivity index (χ3v) is 6.33. The lowest BCUT2D eigenvalue weighted by atomic mass is 9.82. The lowest BCUT2D eigenvalue weighted by Gasteiger charge is -2.25. The second kappa shape index (κ2) is 8.72. The van der Waals surface area contributed by atoms with E-state index in [1.165, 1.54) is 0 Å². The van der Waals surface area contributed by atoms with Gasteiger partial charge in [0.15, 0.2) is 5.78 Å². The van der Waals surface area contributed by atoms with Gasteiger partial charge in [0.1, 0.15) is 11.3 Å². The van der Waals surface area contributed by atoms with Crippen LogP contribution in [0.15, 0.2) is 60.7 Å². The predicted molar refractivity (Wildman–Crippen MR) is 138 cm³/mol. The number of methoxy groups -OCH3 is 1. The molecule has 1 aliphatic carbocycles. The number of rotatable bonds is 5. The molecule has 1 N–H and O–H groups in total. The molecule has 1 aromatic heterocycles. The summed E-state index contributed by atoms with van der Waals surface area (Å²) in [5.74, 6) is 0.759. The van der Waals surface area contributed by atoms with Gasteiger partial charge in [-0.15, -0.1) is 0 Å². The fraction of sp³-hybridized carbons (Fsp3) is 0.259. The van der Waals surface area contributed by atoms with Crippen molar-refractivity contribution in [1.82, 2.24) is 4.98 Å². The number of allylic oxidation sites excluding steroid dienone is 4. The number of benzene rings is 2. The molecule has 0 aliphatic heterocycles. The van der Waals surface area contributed by atoms with E-state index in [-0.39, 0.29) is 11.2 Å². The maximum absolute atomic E-state index is 12.8. The van der Waals surface area contributed by atoms with Crippen LogP contribution in [-0.2, 0) is 20.2 Å². The number of hydrogen-bond donors (Lipinski definition) is 1. The summed E-state index contributed by atoms with van der Waals surface area (Å²) in [6, 6.07) is 13.0. The number of hydrogen-bond acceptors (Lipinski definition) is 5. The molecule has 0 atom stereocenters. The number of carbonyl (C=O) groups is 1. The van der Waals surface area contributed by atoms with E-state index in [0.29, 0.717) is 28.9 Å². The number of ketones is 1. The Bertz CT molecular complexity index is 1440. The first-order chi connectivity index (χ1) is 16.0. The molecule has 34 heavy (non-hydrogen) atoms. The summed E-state index contributed by atoms with van der Waals surface area (Å²) in [7, 11) is -1.71. The Kier molecular flexibility index (Phi) is 6.08. The first-order valence-corrected chi connectivity index (χ1v) is 12.9. The molecule has 0 radical (unpaired) electrons. The Balaban J connectivity index is 1.93. The van der Waals surface area contributed by atoms with Crippen LogP contribution in [0.1, 0.15) is 38.3 Å². The third kappa shape index (κ3) is 4.75. The smallest absolute Gasteiger partial charge is 0.229 e. The topological polar surface area (TPSA) is 85.4 Å². The van der Waals surface area contributed by atoms with E-state index >= 15 is 0 Å². The van der Waals surface area contributed by atoms with Crippen molar-refractivity contribution in [1.29, 1.82) is 0 Å². The number of nitrogens with zero attached hydrogens (tertiary/aromatic N) is 1. The molecule has 0 spiro atoms. The fourth-order valence-electron chi connectivity index (χ4n) is 4.12. The molecule has 6 nitrogen and oxygen atoms in total. The average Bonchev–Trinajstić information content (AvgIpc) is 2.77. The van der Waals surface area contributed by atoms with Gasteiger partial charge >= 0.3 is 0 Å². The van der Waals surface area contributed by atoms with Crippen LogP contribution in [0.4, 0.5) is 5.69 Å². The molecule has 0 bridgehead atoms. The summed E-state index contributed by atoms with van der Waals surface area (Å²) in [6.45, 7) is 6.32. The zero-order valence-electron chi connectivity index (χ0n) is 20.0. The van der Waals surface area contributed by atoms with Crippen molar-refractivity contribution >= 4 is 38.0 Å². The molecule has 0 saturated heterocycles. The van der Waals surface area contributed by atoms with Crippen LogP contribution >= 0.6 is 0 Å². The summed E-state index contributed by atoms with van der Waals surface area (Å²) in [4.78, 5) is 17.7. The fourth-order valence-corrected chi connectivity index (χ4v) is 4.68. The molecule has 1 aliphatic rings. The molecule has 7 heteroatoms. The highest BCUT2D eigenvalue weighted by Gasteiger charge is 2.26. The summed E-state index contributed by atoms with van der Waals surface area (Å²) in [6.07, 6.45) is 7.13. The number of nitrogens with one attached hydrogen (secondary N) is 1. The number of aromatic nitrogens is 1. The normalized spacial score (nSPS) is 14.3. The molecular formula is C27H28N2O4S. The van der Waals surface area contributed by atoms with E-state index in [1.54, 1.807) is 19.2 Å². The van der Waals surface area contributed by atoms with Gasteiger partial charge in [-0.1, -0.05) is 51.1 Å². The van der Waals surface area contributed by atoms with Crippen molar-refractivity contribution in [3.63, 3.8) is 0 Å².